The molecule has 6 heteroatoms. The second kappa shape index (κ2) is 8.78. The van der Waals surface area contributed by atoms with Gasteiger partial charge in [0.25, 0.3) is 0 Å². The van der Waals surface area contributed by atoms with Gasteiger partial charge in [0.1, 0.15) is 0 Å². The lowest BCUT2D eigenvalue weighted by molar-refractivity contribution is -0.147. The van der Waals surface area contributed by atoms with E-state index >= 15 is 0 Å². The van der Waals surface area contributed by atoms with Crippen molar-refractivity contribution in [2.45, 2.75) is 76.3 Å². The Hall–Kier alpha value is -2.37. The molecule has 0 aromatic heterocycles. The van der Waals surface area contributed by atoms with Crippen molar-refractivity contribution in [3.05, 3.63) is 35.4 Å². The van der Waals surface area contributed by atoms with Crippen molar-refractivity contribution in [2.75, 3.05) is 19.6 Å². The van der Waals surface area contributed by atoms with Gasteiger partial charge >= 0.3 is 0 Å². The second-order valence-corrected chi connectivity index (χ2v) is 9.33. The Kier molecular flexibility index (Phi) is 6.11. The summed E-state index contributed by atoms with van der Waals surface area (Å²) in [5.74, 6) is 0.179. The summed E-state index contributed by atoms with van der Waals surface area (Å²) in [6.07, 6.45) is 7.57. The van der Waals surface area contributed by atoms with E-state index in [-0.39, 0.29) is 29.8 Å². The summed E-state index contributed by atoms with van der Waals surface area (Å²) in [5.41, 5.74) is 2.02. The van der Waals surface area contributed by atoms with Crippen LogP contribution in [0.25, 0.3) is 0 Å². The van der Waals surface area contributed by atoms with Gasteiger partial charge in [-0.3, -0.25) is 14.4 Å². The van der Waals surface area contributed by atoms with Crippen molar-refractivity contribution in [1.29, 1.82) is 0 Å². The predicted octanol–water partition coefficient (Wildman–Crippen LogP) is 2.58. The van der Waals surface area contributed by atoms with Crippen molar-refractivity contribution < 1.29 is 14.4 Å². The Morgan fingerprint density at radius 2 is 1.87 bits per heavy atom. The number of carbonyl (C=O) groups excluding carboxylic acids is 3. The van der Waals surface area contributed by atoms with E-state index in [0.29, 0.717) is 38.4 Å². The van der Waals surface area contributed by atoms with Crippen molar-refractivity contribution in [2.24, 2.45) is 0 Å². The zero-order valence-corrected chi connectivity index (χ0v) is 18.0. The fourth-order valence-corrected chi connectivity index (χ4v) is 5.28. The molecule has 30 heavy (non-hydrogen) atoms. The summed E-state index contributed by atoms with van der Waals surface area (Å²) in [4.78, 5) is 41.2. The Bertz CT molecular complexity index is 800. The molecule has 2 heterocycles. The maximum absolute atomic E-state index is 12.9. The molecule has 3 fully saturated rings. The van der Waals surface area contributed by atoms with Gasteiger partial charge in [0, 0.05) is 37.5 Å². The van der Waals surface area contributed by atoms with Crippen LogP contribution >= 0.6 is 0 Å². The summed E-state index contributed by atoms with van der Waals surface area (Å²) in [7, 11) is 0. The average molecular weight is 412 g/mol. The first kappa shape index (κ1) is 20.9. The molecule has 1 aromatic carbocycles. The SMILES string of the molecule is Cc1ccc(C[C@@]2(CCC(=O)N3CCN(C4CCCC4)C(=O)C3)CCC(=O)N2)cc1. The lowest BCUT2D eigenvalue weighted by Crippen LogP contribution is -2.55. The van der Waals surface area contributed by atoms with Crippen LogP contribution in [0.5, 0.6) is 0 Å². The predicted molar refractivity (Wildman–Crippen MR) is 115 cm³/mol. The fourth-order valence-electron chi connectivity index (χ4n) is 5.28. The third-order valence-corrected chi connectivity index (χ3v) is 7.09. The van der Waals surface area contributed by atoms with Gasteiger partial charge in [-0.05, 0) is 44.6 Å². The number of nitrogens with zero attached hydrogens (tertiary/aromatic N) is 2. The van der Waals surface area contributed by atoms with Crippen LogP contribution in [0.4, 0.5) is 0 Å². The largest absolute Gasteiger partial charge is 0.350 e. The zero-order chi connectivity index (χ0) is 21.1. The van der Waals surface area contributed by atoms with Crippen LogP contribution in [-0.2, 0) is 20.8 Å². The molecular weight excluding hydrogens is 378 g/mol. The molecule has 0 radical (unpaired) electrons. The first-order valence-electron chi connectivity index (χ1n) is 11.4. The number of rotatable bonds is 6. The smallest absolute Gasteiger partial charge is 0.242 e. The van der Waals surface area contributed by atoms with Gasteiger partial charge in [-0.1, -0.05) is 42.7 Å². The van der Waals surface area contributed by atoms with Gasteiger partial charge in [0.15, 0.2) is 0 Å². The minimum Gasteiger partial charge on any atom is -0.350 e. The van der Waals surface area contributed by atoms with Crippen LogP contribution in [0.1, 0.15) is 62.5 Å². The van der Waals surface area contributed by atoms with Crippen LogP contribution in [0.3, 0.4) is 0 Å². The van der Waals surface area contributed by atoms with Crippen LogP contribution in [0.2, 0.25) is 0 Å². The van der Waals surface area contributed by atoms with Crippen molar-refractivity contribution in [1.82, 2.24) is 15.1 Å². The van der Waals surface area contributed by atoms with Gasteiger partial charge in [0.2, 0.25) is 17.7 Å². The van der Waals surface area contributed by atoms with E-state index in [1.807, 2.05) is 4.90 Å². The van der Waals surface area contributed by atoms with Crippen LogP contribution < -0.4 is 5.32 Å². The maximum Gasteiger partial charge on any atom is 0.242 e. The van der Waals surface area contributed by atoms with E-state index in [9.17, 15) is 14.4 Å². The molecule has 1 atom stereocenters. The van der Waals surface area contributed by atoms with Gasteiger partial charge in [-0.25, -0.2) is 0 Å². The lowest BCUT2D eigenvalue weighted by atomic mass is 9.84. The average Bonchev–Trinajstić information content (AvgIpc) is 3.38. The van der Waals surface area contributed by atoms with Crippen molar-refractivity contribution in [3.63, 3.8) is 0 Å². The standard InChI is InChI=1S/C24H33N3O3/c1-18-6-8-19(9-7-18)16-24(12-10-21(28)25-24)13-11-22(29)26-14-15-27(23(30)17-26)20-4-2-3-5-20/h6-9,20H,2-5,10-17H2,1H3,(H,25,28)/t24-/m0/s1. The number of piperazine rings is 1. The molecule has 4 rings (SSSR count). The molecule has 3 aliphatic rings. The van der Waals surface area contributed by atoms with Crippen LogP contribution in [-0.4, -0.2) is 58.7 Å². The molecule has 0 spiro atoms. The Balaban J connectivity index is 1.34. The highest BCUT2D eigenvalue weighted by atomic mass is 16.2. The summed E-state index contributed by atoms with van der Waals surface area (Å²) in [6, 6.07) is 8.75. The zero-order valence-electron chi connectivity index (χ0n) is 18.0. The minimum atomic E-state index is -0.363. The third-order valence-electron chi connectivity index (χ3n) is 7.09. The number of hydrogen-bond donors (Lipinski definition) is 1. The molecule has 2 saturated heterocycles. The highest BCUT2D eigenvalue weighted by Crippen LogP contribution is 2.30. The normalized spacial score (nSPS) is 25.1. The molecule has 0 unspecified atom stereocenters. The van der Waals surface area contributed by atoms with E-state index in [2.05, 4.69) is 36.5 Å². The van der Waals surface area contributed by atoms with Crippen molar-refractivity contribution >= 4 is 17.7 Å². The molecule has 0 bridgehead atoms. The highest BCUT2D eigenvalue weighted by Gasteiger charge is 2.39. The fraction of sp³-hybridized carbons (Fsp3) is 0.625. The van der Waals surface area contributed by atoms with Gasteiger partial charge in [-0.2, -0.15) is 0 Å². The Morgan fingerprint density at radius 3 is 2.50 bits per heavy atom. The molecule has 3 amide bonds. The topological polar surface area (TPSA) is 69.7 Å². The molecule has 1 aliphatic carbocycles. The summed E-state index contributed by atoms with van der Waals surface area (Å²) in [6.45, 7) is 3.54. The molecule has 2 aliphatic heterocycles. The van der Waals surface area contributed by atoms with Gasteiger partial charge in [0.05, 0.1) is 6.54 Å². The number of amides is 3. The Labute approximate surface area is 179 Å². The van der Waals surface area contributed by atoms with Crippen molar-refractivity contribution in [3.8, 4) is 0 Å². The Morgan fingerprint density at radius 1 is 1.13 bits per heavy atom. The number of nitrogens with one attached hydrogen (secondary N) is 1. The summed E-state index contributed by atoms with van der Waals surface area (Å²) >= 11 is 0. The van der Waals surface area contributed by atoms with E-state index in [0.717, 1.165) is 25.7 Å². The van der Waals surface area contributed by atoms with E-state index < -0.39 is 0 Å². The first-order valence-corrected chi connectivity index (χ1v) is 11.4. The number of hydrogen-bond acceptors (Lipinski definition) is 3. The summed E-state index contributed by atoms with van der Waals surface area (Å²) in [5, 5.41) is 3.16. The highest BCUT2D eigenvalue weighted by molar-refractivity contribution is 5.86. The van der Waals surface area contributed by atoms with Crippen LogP contribution in [0, 0.1) is 6.92 Å². The van der Waals surface area contributed by atoms with Crippen LogP contribution in [0.15, 0.2) is 24.3 Å². The monoisotopic (exact) mass is 411 g/mol. The minimum absolute atomic E-state index is 0.0267. The third kappa shape index (κ3) is 4.68. The van der Waals surface area contributed by atoms with E-state index in [1.165, 1.54) is 24.0 Å². The number of benzene rings is 1. The molecule has 1 aromatic rings. The quantitative estimate of drug-likeness (QED) is 0.782. The van der Waals surface area contributed by atoms with E-state index in [1.54, 1.807) is 4.90 Å². The lowest BCUT2D eigenvalue weighted by Gasteiger charge is -2.38. The maximum atomic E-state index is 12.9. The summed E-state index contributed by atoms with van der Waals surface area (Å²) < 4.78 is 0. The second-order valence-electron chi connectivity index (χ2n) is 9.33. The van der Waals surface area contributed by atoms with Gasteiger partial charge < -0.3 is 15.1 Å². The first-order chi connectivity index (χ1) is 14.4. The van der Waals surface area contributed by atoms with E-state index in [4.69, 9.17) is 0 Å². The number of carbonyl (C=O) groups is 3. The van der Waals surface area contributed by atoms with Gasteiger partial charge in [-0.15, -0.1) is 0 Å². The molecule has 6 nitrogen and oxygen atoms in total. The number of aryl methyl sites for hydroxylation is 1. The molecule has 1 N–H and O–H groups in total. The molecule has 162 valence electrons. The molecule has 1 saturated carbocycles. The molecular formula is C24H33N3O3.